The van der Waals surface area contributed by atoms with Crippen LogP contribution < -0.4 is 5.32 Å². The first kappa shape index (κ1) is 12.1. The summed E-state index contributed by atoms with van der Waals surface area (Å²) in [5.74, 6) is -0.551. The number of hydrogen-bond acceptors (Lipinski definition) is 4. The van der Waals surface area contributed by atoms with Gasteiger partial charge >= 0.3 is 5.97 Å². The first-order chi connectivity index (χ1) is 9.72. The summed E-state index contributed by atoms with van der Waals surface area (Å²) in [4.78, 5) is 19.1. The van der Waals surface area contributed by atoms with E-state index >= 15 is 0 Å². The Kier molecular flexibility index (Phi) is 3.01. The van der Waals surface area contributed by atoms with E-state index in [0.717, 1.165) is 16.6 Å². The topological polar surface area (TPSA) is 75.1 Å². The van der Waals surface area contributed by atoms with Crippen LogP contribution in [-0.4, -0.2) is 21.0 Å². The second-order valence-corrected chi connectivity index (χ2v) is 4.25. The maximum absolute atomic E-state index is 10.9. The van der Waals surface area contributed by atoms with E-state index in [1.807, 2.05) is 30.3 Å². The van der Waals surface area contributed by atoms with E-state index in [4.69, 9.17) is 5.11 Å². The minimum atomic E-state index is -1.05. The molecule has 0 spiro atoms. The third-order valence-electron chi connectivity index (χ3n) is 2.84. The average molecular weight is 265 g/mol. The molecule has 2 N–H and O–H groups in total. The van der Waals surface area contributed by atoms with Gasteiger partial charge in [-0.15, -0.1) is 0 Å². The highest BCUT2D eigenvalue weighted by Crippen LogP contribution is 2.20. The number of anilines is 2. The molecule has 20 heavy (non-hydrogen) atoms. The lowest BCUT2D eigenvalue weighted by atomic mass is 10.2. The molecule has 1 aromatic carbocycles. The van der Waals surface area contributed by atoms with Crippen molar-refractivity contribution in [2.75, 3.05) is 5.32 Å². The molecule has 2 aromatic heterocycles. The van der Waals surface area contributed by atoms with Gasteiger partial charge in [0.15, 0.2) is 5.69 Å². The fraction of sp³-hybridized carbons (Fsp3) is 0. The number of pyridine rings is 2. The molecule has 0 aliphatic heterocycles. The van der Waals surface area contributed by atoms with Crippen LogP contribution in [0, 0.1) is 0 Å². The molecule has 0 bridgehead atoms. The van der Waals surface area contributed by atoms with Crippen molar-refractivity contribution < 1.29 is 9.90 Å². The molecule has 0 aliphatic carbocycles. The van der Waals surface area contributed by atoms with Crippen LogP contribution in [0.4, 0.5) is 11.5 Å². The predicted octanol–water partition coefficient (Wildman–Crippen LogP) is 3.07. The number of nitrogens with zero attached hydrogens (tertiary/aromatic N) is 2. The molecule has 5 nitrogen and oxygen atoms in total. The second kappa shape index (κ2) is 4.97. The fourth-order valence-electron chi connectivity index (χ4n) is 1.92. The Morgan fingerprint density at radius 3 is 2.85 bits per heavy atom. The summed E-state index contributed by atoms with van der Waals surface area (Å²) in [7, 11) is 0. The Bertz CT molecular complexity index is 787. The Hall–Kier alpha value is -2.95. The third kappa shape index (κ3) is 2.42. The molecule has 0 saturated heterocycles. The van der Waals surface area contributed by atoms with E-state index in [1.165, 1.54) is 6.07 Å². The summed E-state index contributed by atoms with van der Waals surface area (Å²) in [5, 5.41) is 13.0. The van der Waals surface area contributed by atoms with Crippen molar-refractivity contribution in [2.45, 2.75) is 0 Å². The molecule has 0 atom stereocenters. The van der Waals surface area contributed by atoms with Crippen molar-refractivity contribution in [2.24, 2.45) is 0 Å². The maximum Gasteiger partial charge on any atom is 0.354 e. The lowest BCUT2D eigenvalue weighted by molar-refractivity contribution is 0.0690. The summed E-state index contributed by atoms with van der Waals surface area (Å²) < 4.78 is 0. The van der Waals surface area contributed by atoms with Gasteiger partial charge in [-0.1, -0.05) is 12.1 Å². The van der Waals surface area contributed by atoms with Gasteiger partial charge in [0, 0.05) is 17.3 Å². The number of carboxylic acids is 1. The number of carbonyl (C=O) groups is 1. The molecule has 0 fully saturated rings. The number of aromatic carboxylic acids is 1. The minimum Gasteiger partial charge on any atom is -0.477 e. The van der Waals surface area contributed by atoms with E-state index in [9.17, 15) is 4.79 Å². The summed E-state index contributed by atoms with van der Waals surface area (Å²) in [6.45, 7) is 0. The van der Waals surface area contributed by atoms with E-state index in [-0.39, 0.29) is 5.69 Å². The first-order valence-corrected chi connectivity index (χ1v) is 6.04. The summed E-state index contributed by atoms with van der Waals surface area (Å²) in [5.41, 5.74) is 1.75. The standard InChI is InChI=1S/C15H11N3O2/c19-15(20)13-4-1-5-14(18-13)17-11-6-7-12-10(9-11)3-2-8-16-12/h1-9H,(H,17,18)(H,19,20). The number of hydrogen-bond donors (Lipinski definition) is 2. The third-order valence-corrected chi connectivity index (χ3v) is 2.84. The molecule has 98 valence electrons. The Morgan fingerprint density at radius 1 is 1.10 bits per heavy atom. The summed E-state index contributed by atoms with van der Waals surface area (Å²) in [6, 6.07) is 14.4. The van der Waals surface area contributed by atoms with Gasteiger partial charge < -0.3 is 10.4 Å². The highest BCUT2D eigenvalue weighted by atomic mass is 16.4. The van der Waals surface area contributed by atoms with Gasteiger partial charge in [0.25, 0.3) is 0 Å². The van der Waals surface area contributed by atoms with Gasteiger partial charge in [-0.2, -0.15) is 0 Å². The smallest absolute Gasteiger partial charge is 0.354 e. The molecule has 2 heterocycles. The average Bonchev–Trinajstić information content (AvgIpc) is 2.47. The molecular formula is C15H11N3O2. The highest BCUT2D eigenvalue weighted by molar-refractivity contribution is 5.86. The SMILES string of the molecule is O=C(O)c1cccc(Nc2ccc3ncccc3c2)n1. The van der Waals surface area contributed by atoms with Gasteiger partial charge in [0.1, 0.15) is 5.82 Å². The molecule has 0 radical (unpaired) electrons. The molecule has 0 aliphatic rings. The lowest BCUT2D eigenvalue weighted by Crippen LogP contribution is -2.02. The Labute approximate surface area is 114 Å². The van der Waals surface area contributed by atoms with Crippen LogP contribution in [0.3, 0.4) is 0 Å². The summed E-state index contributed by atoms with van der Waals surface area (Å²) in [6.07, 6.45) is 1.74. The van der Waals surface area contributed by atoms with Crippen molar-refractivity contribution in [1.29, 1.82) is 0 Å². The first-order valence-electron chi connectivity index (χ1n) is 6.04. The zero-order valence-electron chi connectivity index (χ0n) is 10.4. The van der Waals surface area contributed by atoms with E-state index < -0.39 is 5.97 Å². The van der Waals surface area contributed by atoms with Gasteiger partial charge in [-0.05, 0) is 36.4 Å². The molecular weight excluding hydrogens is 254 g/mol. The van der Waals surface area contributed by atoms with Gasteiger partial charge in [-0.3, -0.25) is 4.98 Å². The number of nitrogens with one attached hydrogen (secondary N) is 1. The molecule has 3 aromatic rings. The minimum absolute atomic E-state index is 0.0115. The molecule has 0 amide bonds. The number of rotatable bonds is 3. The van der Waals surface area contributed by atoms with Crippen molar-refractivity contribution >= 4 is 28.4 Å². The maximum atomic E-state index is 10.9. The van der Waals surface area contributed by atoms with Crippen LogP contribution in [0.1, 0.15) is 10.5 Å². The second-order valence-electron chi connectivity index (χ2n) is 4.25. The Morgan fingerprint density at radius 2 is 2.00 bits per heavy atom. The van der Waals surface area contributed by atoms with Gasteiger partial charge in [-0.25, -0.2) is 9.78 Å². The van der Waals surface area contributed by atoms with Crippen LogP contribution in [0.15, 0.2) is 54.7 Å². The number of aromatic nitrogens is 2. The van der Waals surface area contributed by atoms with E-state index in [0.29, 0.717) is 5.82 Å². The zero-order chi connectivity index (χ0) is 13.9. The van der Waals surface area contributed by atoms with Crippen molar-refractivity contribution in [3.63, 3.8) is 0 Å². The van der Waals surface area contributed by atoms with Crippen LogP contribution >= 0.6 is 0 Å². The van der Waals surface area contributed by atoms with E-state index in [2.05, 4.69) is 15.3 Å². The normalized spacial score (nSPS) is 10.4. The van der Waals surface area contributed by atoms with Crippen LogP contribution in [0.25, 0.3) is 10.9 Å². The number of carboxylic acid groups (broad SMARTS) is 1. The molecule has 0 saturated carbocycles. The van der Waals surface area contributed by atoms with Gasteiger partial charge in [0.2, 0.25) is 0 Å². The van der Waals surface area contributed by atoms with Crippen LogP contribution in [-0.2, 0) is 0 Å². The quantitative estimate of drug-likeness (QED) is 0.761. The zero-order valence-corrected chi connectivity index (χ0v) is 10.4. The van der Waals surface area contributed by atoms with Crippen molar-refractivity contribution in [3.8, 4) is 0 Å². The largest absolute Gasteiger partial charge is 0.477 e. The molecule has 3 rings (SSSR count). The Balaban J connectivity index is 1.92. The summed E-state index contributed by atoms with van der Waals surface area (Å²) >= 11 is 0. The monoisotopic (exact) mass is 265 g/mol. The van der Waals surface area contributed by atoms with E-state index in [1.54, 1.807) is 18.3 Å². The fourth-order valence-corrected chi connectivity index (χ4v) is 1.92. The highest BCUT2D eigenvalue weighted by Gasteiger charge is 2.05. The lowest BCUT2D eigenvalue weighted by Gasteiger charge is -2.07. The van der Waals surface area contributed by atoms with Crippen LogP contribution in [0.5, 0.6) is 0 Å². The van der Waals surface area contributed by atoms with Crippen LogP contribution in [0.2, 0.25) is 0 Å². The number of benzene rings is 1. The van der Waals surface area contributed by atoms with Crippen molar-refractivity contribution in [3.05, 3.63) is 60.4 Å². The molecule has 5 heteroatoms. The predicted molar refractivity (Wildman–Crippen MR) is 76.2 cm³/mol. The van der Waals surface area contributed by atoms with Crippen molar-refractivity contribution in [1.82, 2.24) is 9.97 Å². The number of fused-ring (bicyclic) bond motifs is 1. The molecule has 0 unspecified atom stereocenters. The van der Waals surface area contributed by atoms with Gasteiger partial charge in [0.05, 0.1) is 5.52 Å².